The number of carbonyl (C=O) groups is 2. The lowest BCUT2D eigenvalue weighted by Crippen LogP contribution is -2.43. The quantitative estimate of drug-likeness (QED) is 0.361. The summed E-state index contributed by atoms with van der Waals surface area (Å²) in [6.45, 7) is 4.67. The summed E-state index contributed by atoms with van der Waals surface area (Å²) in [5.41, 5.74) is 3.05. The van der Waals surface area contributed by atoms with E-state index in [4.69, 9.17) is 4.74 Å². The van der Waals surface area contributed by atoms with Crippen LogP contribution in [0.4, 0.5) is 0 Å². The van der Waals surface area contributed by atoms with E-state index in [9.17, 15) is 9.59 Å². The fourth-order valence-corrected chi connectivity index (χ4v) is 3.83. The minimum Gasteiger partial charge on any atom is -0.382 e. The van der Waals surface area contributed by atoms with Crippen molar-refractivity contribution in [1.82, 2.24) is 14.4 Å². The van der Waals surface area contributed by atoms with Gasteiger partial charge in [-0.05, 0) is 36.6 Å². The number of aryl methyl sites for hydroxylation is 1. The topological polar surface area (TPSA) is 54.8 Å². The SMILES string of the molecule is CCOCCCN(CC(=O)N(Cc1ccccc1)Cc1cccn1C)C(=O)Cc1ccccc1. The molecular formula is C28H35N3O3. The summed E-state index contributed by atoms with van der Waals surface area (Å²) in [5.74, 6) is -0.113. The van der Waals surface area contributed by atoms with Crippen LogP contribution in [-0.4, -0.2) is 52.5 Å². The molecule has 34 heavy (non-hydrogen) atoms. The summed E-state index contributed by atoms with van der Waals surface area (Å²) >= 11 is 0. The van der Waals surface area contributed by atoms with Gasteiger partial charge in [0.05, 0.1) is 19.5 Å². The summed E-state index contributed by atoms with van der Waals surface area (Å²) in [7, 11) is 1.98. The molecule has 0 saturated heterocycles. The zero-order valence-corrected chi connectivity index (χ0v) is 20.2. The summed E-state index contributed by atoms with van der Waals surface area (Å²) < 4.78 is 7.48. The molecule has 0 unspecified atom stereocenters. The molecule has 0 aliphatic rings. The number of nitrogens with zero attached hydrogens (tertiary/aromatic N) is 3. The highest BCUT2D eigenvalue weighted by Gasteiger charge is 2.22. The Hall–Kier alpha value is -3.38. The molecule has 0 atom stereocenters. The van der Waals surface area contributed by atoms with Gasteiger partial charge in [-0.2, -0.15) is 0 Å². The molecule has 1 aromatic heterocycles. The number of ether oxygens (including phenoxy) is 1. The Balaban J connectivity index is 1.74. The van der Waals surface area contributed by atoms with E-state index in [2.05, 4.69) is 0 Å². The highest BCUT2D eigenvalue weighted by molar-refractivity contribution is 5.86. The van der Waals surface area contributed by atoms with Crippen molar-refractivity contribution in [3.05, 3.63) is 95.8 Å². The molecule has 0 aliphatic carbocycles. The van der Waals surface area contributed by atoms with Crippen molar-refractivity contribution in [2.24, 2.45) is 7.05 Å². The number of aromatic nitrogens is 1. The van der Waals surface area contributed by atoms with Crippen LogP contribution in [0.5, 0.6) is 0 Å². The minimum absolute atomic E-state index is 0.0467. The van der Waals surface area contributed by atoms with E-state index in [1.807, 2.05) is 102 Å². The lowest BCUT2D eigenvalue weighted by molar-refractivity contribution is -0.141. The number of benzene rings is 2. The standard InChI is InChI=1S/C28H35N3O3/c1-3-34-19-11-18-30(27(32)20-24-12-6-4-7-13-24)23-28(33)31(21-25-14-8-5-9-15-25)22-26-16-10-17-29(26)2/h4-10,12-17H,3,11,18-23H2,1-2H3. The monoisotopic (exact) mass is 461 g/mol. The Morgan fingerprint density at radius 3 is 2.12 bits per heavy atom. The average Bonchev–Trinajstić information content (AvgIpc) is 3.26. The number of rotatable bonds is 13. The molecule has 3 rings (SSSR count). The van der Waals surface area contributed by atoms with Crippen molar-refractivity contribution in [3.8, 4) is 0 Å². The van der Waals surface area contributed by atoms with Gasteiger partial charge in [0, 0.05) is 45.2 Å². The summed E-state index contributed by atoms with van der Waals surface area (Å²) in [5, 5.41) is 0. The van der Waals surface area contributed by atoms with Crippen LogP contribution in [0.2, 0.25) is 0 Å². The maximum Gasteiger partial charge on any atom is 0.242 e. The molecule has 0 radical (unpaired) electrons. The summed E-state index contributed by atoms with van der Waals surface area (Å²) in [6.07, 6.45) is 2.95. The van der Waals surface area contributed by atoms with E-state index < -0.39 is 0 Å². The third-order valence-corrected chi connectivity index (χ3v) is 5.77. The molecule has 2 aromatic carbocycles. The molecule has 0 fully saturated rings. The largest absolute Gasteiger partial charge is 0.382 e. The molecule has 0 spiro atoms. The van der Waals surface area contributed by atoms with Crippen LogP contribution in [0.15, 0.2) is 79.0 Å². The second-order valence-corrected chi connectivity index (χ2v) is 8.37. The molecule has 0 saturated carbocycles. The number of hydrogen-bond acceptors (Lipinski definition) is 3. The first kappa shape index (κ1) is 25.2. The second kappa shape index (κ2) is 13.4. The molecule has 6 nitrogen and oxygen atoms in total. The second-order valence-electron chi connectivity index (χ2n) is 8.37. The Morgan fingerprint density at radius 1 is 0.824 bits per heavy atom. The van der Waals surface area contributed by atoms with Crippen molar-refractivity contribution in [1.29, 1.82) is 0 Å². The predicted octanol–water partition coefficient (Wildman–Crippen LogP) is 4.05. The smallest absolute Gasteiger partial charge is 0.242 e. The molecular weight excluding hydrogens is 426 g/mol. The molecule has 0 bridgehead atoms. The zero-order valence-electron chi connectivity index (χ0n) is 20.2. The third-order valence-electron chi connectivity index (χ3n) is 5.77. The predicted molar refractivity (Wildman–Crippen MR) is 134 cm³/mol. The lowest BCUT2D eigenvalue weighted by Gasteiger charge is -2.28. The van der Waals surface area contributed by atoms with E-state index in [1.54, 1.807) is 4.90 Å². The Bertz CT molecular complexity index is 1020. The van der Waals surface area contributed by atoms with E-state index in [0.29, 0.717) is 39.3 Å². The van der Waals surface area contributed by atoms with Gasteiger partial charge in [-0.15, -0.1) is 0 Å². The van der Waals surface area contributed by atoms with Gasteiger partial charge >= 0.3 is 0 Å². The highest BCUT2D eigenvalue weighted by Crippen LogP contribution is 2.12. The maximum atomic E-state index is 13.5. The zero-order chi connectivity index (χ0) is 24.2. The van der Waals surface area contributed by atoms with E-state index in [-0.39, 0.29) is 24.8 Å². The number of amides is 2. The van der Waals surface area contributed by atoms with Gasteiger partial charge in [0.1, 0.15) is 0 Å². The Morgan fingerprint density at radius 2 is 1.50 bits per heavy atom. The van der Waals surface area contributed by atoms with Crippen LogP contribution < -0.4 is 0 Å². The van der Waals surface area contributed by atoms with Crippen LogP contribution >= 0.6 is 0 Å². The average molecular weight is 462 g/mol. The minimum atomic E-state index is -0.0668. The number of carbonyl (C=O) groups excluding carboxylic acids is 2. The van der Waals surface area contributed by atoms with Crippen molar-refractivity contribution >= 4 is 11.8 Å². The Kier molecular flexibility index (Phi) is 9.92. The van der Waals surface area contributed by atoms with Gasteiger partial charge < -0.3 is 19.1 Å². The van der Waals surface area contributed by atoms with E-state index >= 15 is 0 Å². The highest BCUT2D eigenvalue weighted by atomic mass is 16.5. The first-order valence-electron chi connectivity index (χ1n) is 11.9. The summed E-state index contributed by atoms with van der Waals surface area (Å²) in [6, 6.07) is 23.6. The molecule has 2 amide bonds. The first-order chi connectivity index (χ1) is 16.6. The normalized spacial score (nSPS) is 10.8. The van der Waals surface area contributed by atoms with Crippen LogP contribution in [0, 0.1) is 0 Å². The van der Waals surface area contributed by atoms with E-state index in [0.717, 1.165) is 16.8 Å². The molecule has 0 aliphatic heterocycles. The van der Waals surface area contributed by atoms with Gasteiger partial charge in [-0.1, -0.05) is 60.7 Å². The molecule has 6 heteroatoms. The number of hydrogen-bond donors (Lipinski definition) is 0. The van der Waals surface area contributed by atoms with Gasteiger partial charge in [0.25, 0.3) is 0 Å². The maximum absolute atomic E-state index is 13.5. The van der Waals surface area contributed by atoms with Crippen molar-refractivity contribution in [3.63, 3.8) is 0 Å². The van der Waals surface area contributed by atoms with Crippen molar-refractivity contribution < 1.29 is 14.3 Å². The molecule has 180 valence electrons. The fourth-order valence-electron chi connectivity index (χ4n) is 3.83. The van der Waals surface area contributed by atoms with Gasteiger partial charge in [-0.3, -0.25) is 9.59 Å². The summed E-state index contributed by atoms with van der Waals surface area (Å²) in [4.78, 5) is 30.2. The Labute approximate surface area is 202 Å². The molecule has 3 aromatic rings. The van der Waals surface area contributed by atoms with Crippen LogP contribution in [-0.2, 0) is 40.9 Å². The van der Waals surface area contributed by atoms with Crippen LogP contribution in [0.3, 0.4) is 0 Å². The molecule has 0 N–H and O–H groups in total. The third kappa shape index (κ3) is 7.89. The fraction of sp³-hybridized carbons (Fsp3) is 0.357. The van der Waals surface area contributed by atoms with Crippen molar-refractivity contribution in [2.45, 2.75) is 32.9 Å². The van der Waals surface area contributed by atoms with E-state index in [1.165, 1.54) is 0 Å². The first-order valence-corrected chi connectivity index (χ1v) is 11.9. The van der Waals surface area contributed by atoms with Gasteiger partial charge in [0.15, 0.2) is 0 Å². The van der Waals surface area contributed by atoms with Crippen LogP contribution in [0.25, 0.3) is 0 Å². The lowest BCUT2D eigenvalue weighted by atomic mass is 10.1. The van der Waals surface area contributed by atoms with Crippen LogP contribution in [0.1, 0.15) is 30.2 Å². The van der Waals surface area contributed by atoms with Gasteiger partial charge in [-0.25, -0.2) is 0 Å². The van der Waals surface area contributed by atoms with Crippen molar-refractivity contribution in [2.75, 3.05) is 26.3 Å². The van der Waals surface area contributed by atoms with Gasteiger partial charge in [0.2, 0.25) is 11.8 Å². The molecule has 1 heterocycles.